The van der Waals surface area contributed by atoms with Crippen LogP contribution in [0.5, 0.6) is 0 Å². The van der Waals surface area contributed by atoms with Crippen molar-refractivity contribution in [1.29, 1.82) is 0 Å². The molecule has 6 heterocycles. The molecule has 4 aliphatic heterocycles. The molecule has 25 nitrogen and oxygen atoms in total. The van der Waals surface area contributed by atoms with Gasteiger partial charge in [0.25, 0.3) is 0 Å². The van der Waals surface area contributed by atoms with Crippen LogP contribution in [0.1, 0.15) is 163 Å². The highest BCUT2D eigenvalue weighted by Crippen LogP contribution is 2.33. The summed E-state index contributed by atoms with van der Waals surface area (Å²) in [5.74, 6) is 2.36. The van der Waals surface area contributed by atoms with E-state index in [1.807, 2.05) is 72.7 Å². The molecule has 4 aromatic rings. The number of carbonyl (C=O) groups excluding carboxylic acids is 3. The summed E-state index contributed by atoms with van der Waals surface area (Å²) in [4.78, 5) is 55.1. The molecule has 101 heavy (non-hydrogen) atoms. The zero-order valence-corrected chi connectivity index (χ0v) is 63.4. The largest absolute Gasteiger partial charge is 0.446 e. The van der Waals surface area contributed by atoms with Crippen molar-refractivity contribution in [3.05, 3.63) is 65.3 Å². The summed E-state index contributed by atoms with van der Waals surface area (Å²) in [7, 11) is -7.46. The predicted octanol–water partition coefficient (Wildman–Crippen LogP) is 10.3. The van der Waals surface area contributed by atoms with Crippen molar-refractivity contribution in [2.24, 2.45) is 29.4 Å². The number of ether oxygens (including phenoxy) is 2. The van der Waals surface area contributed by atoms with Crippen LogP contribution >= 0.6 is 22.3 Å². The Bertz CT molecular complexity index is 3780. The second kappa shape index (κ2) is 38.9. The number of carbonyl (C=O) groups is 3. The van der Waals surface area contributed by atoms with Gasteiger partial charge in [-0.15, -0.1) is 0 Å². The number of benzene rings is 2. The normalized spacial score (nSPS) is 21.2. The lowest BCUT2D eigenvalue weighted by atomic mass is 9.98. The molecule has 6 N–H and O–H groups in total. The maximum atomic E-state index is 12.1. The van der Waals surface area contributed by atoms with Crippen LogP contribution in [0.2, 0.25) is 5.15 Å². The standard InChI is InChI=1S/C18H24N4O2S.C14H26N2O4S.C11H22N2O2.C9H7ClN2.C9H18N2O2S.C3H5ClO2S.C2HF3O.CH4/c1-13-4-7-17-16(9-13)18(20-12-19-17)22-8-2-3-14(11-22)10-21-25(23,24)15-5-6-15;1-14(2,3)20-13(17)16-8-4-5-11(10-16)9-15-21(18,19)12-6-7-12;1-11(2,3)15-10(14)13-6-4-5-9(7-12)8-13;1-6-2-3-8-7(4-6)9(10)12-5-11-8;12-14(13,9-3-4-9)11-7-8-2-1-5-10-6-8;4-7(5,6)3-1-2-3;3-2(4,5)1-6;/h4,7,9,12,14-15,21H,2-3,5-6,8,10-11H2,1H3;11-12,15H,4-10H2,1-3H3;9H,4-8,12H2,1-3H3;2-5H,1H3;8-11H,1-7H2;3H,1-2H2;1H;1H4. The van der Waals surface area contributed by atoms with Gasteiger partial charge in [0.15, 0.2) is 0 Å². The molecule has 4 saturated heterocycles. The predicted molar refractivity (Wildman–Crippen MR) is 391 cm³/mol. The van der Waals surface area contributed by atoms with E-state index in [1.165, 1.54) is 17.5 Å². The van der Waals surface area contributed by atoms with Crippen LogP contribution in [0.3, 0.4) is 0 Å². The van der Waals surface area contributed by atoms with Gasteiger partial charge in [-0.2, -0.15) is 13.2 Å². The van der Waals surface area contributed by atoms with Gasteiger partial charge in [0, 0.05) is 80.4 Å². The zero-order chi connectivity index (χ0) is 73.9. The van der Waals surface area contributed by atoms with Gasteiger partial charge >= 0.3 is 18.4 Å². The maximum Gasteiger partial charge on any atom is 0.446 e. The first-order chi connectivity index (χ1) is 46.7. The Labute approximate surface area is 605 Å². The lowest BCUT2D eigenvalue weighted by molar-refractivity contribution is -0.156. The molecular weight excluding hydrogens is 1440 g/mol. The van der Waals surface area contributed by atoms with Crippen LogP contribution in [0.25, 0.3) is 21.8 Å². The molecule has 2 amide bonds. The van der Waals surface area contributed by atoms with E-state index in [-0.39, 0.29) is 46.5 Å². The number of hydrogen-bond acceptors (Lipinski definition) is 20. The quantitative estimate of drug-likeness (QED) is 0.0419. The molecule has 4 atom stereocenters. The number of fused-ring (bicyclic) bond motifs is 2. The number of sulfonamides is 3. The number of hydrogen-bond donors (Lipinski definition) is 5. The third-order valence-electron chi connectivity index (χ3n) is 17.1. The van der Waals surface area contributed by atoms with Gasteiger partial charge in [-0.25, -0.2) is 77.4 Å². The topological polar surface area (TPSA) is 342 Å². The number of alkyl halides is 3. The van der Waals surface area contributed by atoms with Crippen molar-refractivity contribution < 1.29 is 70.7 Å². The number of aryl methyl sites for hydroxylation is 2. The molecule has 0 radical (unpaired) electrons. The van der Waals surface area contributed by atoms with E-state index in [2.05, 4.69) is 63.4 Å². The SMILES string of the molecule is C.CC(C)(C)OC(=O)N1CCCC(CN)C1.CC(C)(C)OC(=O)N1CCCC(CNS(=O)(=O)C2CC2)C1.Cc1ccc2ncnc(Cl)c2c1.Cc1ccc2ncnc(N3CCCC(CNS(=O)(=O)C4CC4)C3)c2c1.O=CC(F)(F)F.O=S(=O)(Cl)C1CC1.O=S(=O)(NCC1CCCNC1)C1CC1. The summed E-state index contributed by atoms with van der Waals surface area (Å²) in [6.07, 6.45) is 11.6. The first kappa shape index (κ1) is 86.7. The number of halogens is 5. The smallest absolute Gasteiger partial charge is 0.444 e. The lowest BCUT2D eigenvalue weighted by Gasteiger charge is -2.34. The molecule has 572 valence electrons. The van der Waals surface area contributed by atoms with Gasteiger partial charge in [-0.1, -0.05) is 42.3 Å². The molecule has 0 bridgehead atoms. The molecule has 4 unspecified atom stereocenters. The van der Waals surface area contributed by atoms with Gasteiger partial charge in [0.1, 0.15) is 34.8 Å². The number of nitrogens with one attached hydrogen (secondary N) is 4. The van der Waals surface area contributed by atoms with Crippen molar-refractivity contribution >= 4 is 108 Å². The number of rotatable bonds is 15. The van der Waals surface area contributed by atoms with Crippen LogP contribution in [-0.4, -0.2) is 199 Å². The van der Waals surface area contributed by atoms with Gasteiger partial charge in [-0.05, 0) is 226 Å². The average molecular weight is 1540 g/mol. The van der Waals surface area contributed by atoms with Crippen LogP contribution < -0.4 is 30.1 Å². The van der Waals surface area contributed by atoms with Gasteiger partial charge in [0.2, 0.25) is 45.4 Å². The van der Waals surface area contributed by atoms with Gasteiger partial charge in [-0.3, -0.25) is 4.79 Å². The first-order valence-electron chi connectivity index (χ1n) is 34.4. The van der Waals surface area contributed by atoms with Crippen LogP contribution in [0, 0.1) is 37.5 Å². The van der Waals surface area contributed by atoms with E-state index in [0.29, 0.717) is 62.2 Å². The zero-order valence-electron chi connectivity index (χ0n) is 58.7. The Kier molecular flexibility index (Phi) is 33.4. The number of nitrogens with two attached hydrogens (primary N) is 1. The summed E-state index contributed by atoms with van der Waals surface area (Å²) >= 11 is 5.88. The number of anilines is 1. The third-order valence-corrected chi connectivity index (χ3v) is 25.1. The van der Waals surface area contributed by atoms with E-state index in [4.69, 9.17) is 42.3 Å². The Morgan fingerprint density at radius 3 is 1.39 bits per heavy atom. The molecule has 4 aliphatic carbocycles. The minimum atomic E-state index is -4.64. The van der Waals surface area contributed by atoms with Crippen LogP contribution in [0.15, 0.2) is 49.1 Å². The molecule has 34 heteroatoms. The number of amides is 2. The van der Waals surface area contributed by atoms with E-state index in [0.717, 1.165) is 170 Å². The van der Waals surface area contributed by atoms with Gasteiger partial charge < -0.3 is 35.2 Å². The van der Waals surface area contributed by atoms with Crippen molar-refractivity contribution in [2.45, 2.75) is 204 Å². The number of aldehydes is 1. The summed E-state index contributed by atoms with van der Waals surface area (Å²) in [6, 6.07) is 12.2. The Morgan fingerprint density at radius 2 is 0.980 bits per heavy atom. The van der Waals surface area contributed by atoms with Crippen molar-refractivity contribution in [3.8, 4) is 0 Å². The number of nitrogens with zero attached hydrogens (tertiary/aromatic N) is 7. The summed E-state index contributed by atoms with van der Waals surface area (Å²) < 4.78 is 141. The molecule has 4 saturated carbocycles. The molecule has 0 spiro atoms. The van der Waals surface area contributed by atoms with Crippen LogP contribution in [0.4, 0.5) is 28.6 Å². The average Bonchev–Trinajstić information content (AvgIpc) is 1.50. The molecular formula is C67H107Cl2F3N12O13S4. The third kappa shape index (κ3) is 32.2. The van der Waals surface area contributed by atoms with E-state index in [1.54, 1.807) is 16.1 Å². The fourth-order valence-electron chi connectivity index (χ4n) is 11.1. The van der Waals surface area contributed by atoms with Crippen molar-refractivity contribution in [1.82, 2.24) is 49.2 Å². The molecule has 2 aromatic heterocycles. The molecule has 12 rings (SSSR count). The van der Waals surface area contributed by atoms with Crippen LogP contribution in [-0.2, 0) is 53.4 Å². The summed E-state index contributed by atoms with van der Waals surface area (Å²) in [5.41, 5.74) is 8.90. The second-order valence-electron chi connectivity index (χ2n) is 28.8. The minimum Gasteiger partial charge on any atom is -0.444 e. The molecule has 8 aliphatic rings. The maximum absolute atomic E-state index is 12.1. The van der Waals surface area contributed by atoms with Crippen molar-refractivity contribution in [2.75, 3.05) is 83.4 Å². The lowest BCUT2D eigenvalue weighted by Crippen LogP contribution is -2.45. The summed E-state index contributed by atoms with van der Waals surface area (Å²) in [6.45, 7) is 24.1. The minimum absolute atomic E-state index is 0. The van der Waals surface area contributed by atoms with Crippen molar-refractivity contribution in [3.63, 3.8) is 0 Å². The highest BCUT2D eigenvalue weighted by atomic mass is 35.7. The first-order valence-corrected chi connectivity index (χ1v) is 41.7. The van der Waals surface area contributed by atoms with E-state index >= 15 is 0 Å². The second-order valence-corrected chi connectivity index (χ2v) is 38.2. The highest BCUT2D eigenvalue weighted by molar-refractivity contribution is 8.14. The highest BCUT2D eigenvalue weighted by Gasteiger charge is 2.39. The molecule has 2 aromatic carbocycles. The fourth-order valence-corrected chi connectivity index (χ4v) is 16.9. The fraction of sp³-hybridized carbons (Fsp3) is 0.716. The monoisotopic (exact) mass is 1540 g/mol. The summed E-state index contributed by atoms with van der Waals surface area (Å²) in [5, 5.41) is 5.14. The Morgan fingerprint density at radius 1 is 0.584 bits per heavy atom. The van der Waals surface area contributed by atoms with Gasteiger partial charge in [0.05, 0.1) is 32.0 Å². The number of likely N-dealkylation sites (tertiary alicyclic amines) is 2. The van der Waals surface area contributed by atoms with E-state index in [9.17, 15) is 56.4 Å². The Balaban J connectivity index is 0.000000221. The number of aromatic nitrogens is 4. The molecule has 8 fully saturated rings. The van der Waals surface area contributed by atoms with E-state index < -0.39 is 62.8 Å². The Hall–Kier alpha value is -4.90. The number of piperidine rings is 4.